The second kappa shape index (κ2) is 6.38. The molecule has 0 bridgehead atoms. The fourth-order valence-corrected chi connectivity index (χ4v) is 5.59. The molecular weight excluding hydrogens is 328 g/mol. The van der Waals surface area contributed by atoms with Gasteiger partial charge in [-0.15, -0.1) is 0 Å². The lowest BCUT2D eigenvalue weighted by atomic mass is 9.73. The standard InChI is InChI=1S/C21H28N2O3/c1-22-12-9-17-13-23(15-21(17,14-22)19(25)26)18(24)20(10-5-6-11-20)16-7-3-2-4-8-16/h2-4,7-8,17H,5-6,9-15H2,1H3,(H,25,26)/t17-,21-/m1/s1. The van der Waals surface area contributed by atoms with Crippen LogP contribution in [0.25, 0.3) is 0 Å². The summed E-state index contributed by atoms with van der Waals surface area (Å²) in [6, 6.07) is 10.1. The van der Waals surface area contributed by atoms with Crippen molar-refractivity contribution in [2.24, 2.45) is 11.3 Å². The minimum Gasteiger partial charge on any atom is -0.481 e. The van der Waals surface area contributed by atoms with Crippen molar-refractivity contribution in [3.63, 3.8) is 0 Å². The number of aliphatic carboxylic acids is 1. The number of carboxylic acids is 1. The van der Waals surface area contributed by atoms with Crippen LogP contribution in [-0.4, -0.2) is 60.0 Å². The van der Waals surface area contributed by atoms with Gasteiger partial charge in [-0.25, -0.2) is 0 Å². The van der Waals surface area contributed by atoms with Crippen LogP contribution >= 0.6 is 0 Å². The third-order valence-corrected chi connectivity index (χ3v) is 7.01. The SMILES string of the molecule is CN1CC[C@@H]2CN(C(=O)C3(c4ccccc4)CCCC3)C[C@]2(C(=O)O)C1. The van der Waals surface area contributed by atoms with Crippen molar-refractivity contribution in [3.8, 4) is 0 Å². The zero-order chi connectivity index (χ0) is 18.4. The first-order chi connectivity index (χ1) is 12.5. The molecule has 1 aromatic rings. The van der Waals surface area contributed by atoms with E-state index in [1.165, 1.54) is 0 Å². The summed E-state index contributed by atoms with van der Waals surface area (Å²) in [7, 11) is 1.98. The van der Waals surface area contributed by atoms with Crippen molar-refractivity contribution >= 4 is 11.9 Å². The van der Waals surface area contributed by atoms with Gasteiger partial charge in [0, 0.05) is 19.6 Å². The molecule has 3 fully saturated rings. The Hall–Kier alpha value is -1.88. The smallest absolute Gasteiger partial charge is 0.313 e. The van der Waals surface area contributed by atoms with Crippen molar-refractivity contribution in [2.75, 3.05) is 33.2 Å². The highest BCUT2D eigenvalue weighted by Crippen LogP contribution is 2.47. The Morgan fingerprint density at radius 3 is 2.46 bits per heavy atom. The van der Waals surface area contributed by atoms with Crippen molar-refractivity contribution in [3.05, 3.63) is 35.9 Å². The summed E-state index contributed by atoms with van der Waals surface area (Å²) in [5, 5.41) is 10.00. The van der Waals surface area contributed by atoms with Gasteiger partial charge >= 0.3 is 5.97 Å². The molecule has 1 saturated carbocycles. The molecule has 1 aliphatic carbocycles. The fraction of sp³-hybridized carbons (Fsp3) is 0.619. The van der Waals surface area contributed by atoms with E-state index in [2.05, 4.69) is 17.0 Å². The van der Waals surface area contributed by atoms with Crippen LogP contribution in [0.15, 0.2) is 30.3 Å². The lowest BCUT2D eigenvalue weighted by Gasteiger charge is -2.39. The molecule has 0 unspecified atom stereocenters. The molecule has 1 N–H and O–H groups in total. The van der Waals surface area contributed by atoms with Crippen molar-refractivity contribution in [2.45, 2.75) is 37.5 Å². The maximum Gasteiger partial charge on any atom is 0.313 e. The number of piperidine rings is 1. The summed E-state index contributed by atoms with van der Waals surface area (Å²) >= 11 is 0. The first-order valence-corrected chi connectivity index (χ1v) is 9.75. The summed E-state index contributed by atoms with van der Waals surface area (Å²) in [5.41, 5.74) is -0.168. The summed E-state index contributed by atoms with van der Waals surface area (Å²) in [6.45, 7) is 2.39. The van der Waals surface area contributed by atoms with E-state index in [-0.39, 0.29) is 11.8 Å². The molecule has 2 heterocycles. The normalized spacial score (nSPS) is 31.0. The molecule has 1 amide bonds. The van der Waals surface area contributed by atoms with Crippen LogP contribution in [-0.2, 0) is 15.0 Å². The second-order valence-corrected chi connectivity index (χ2v) is 8.53. The molecule has 3 aliphatic rings. The van der Waals surface area contributed by atoms with E-state index in [1.807, 2.05) is 30.1 Å². The van der Waals surface area contributed by atoms with Crippen LogP contribution in [0.3, 0.4) is 0 Å². The van der Waals surface area contributed by atoms with Crippen LogP contribution in [0.1, 0.15) is 37.7 Å². The van der Waals surface area contributed by atoms with Gasteiger partial charge in [0.25, 0.3) is 0 Å². The molecule has 26 heavy (non-hydrogen) atoms. The minimum atomic E-state index is -0.806. The number of rotatable bonds is 3. The third-order valence-electron chi connectivity index (χ3n) is 7.01. The number of benzene rings is 1. The van der Waals surface area contributed by atoms with Gasteiger partial charge in [0.05, 0.1) is 5.41 Å². The van der Waals surface area contributed by atoms with Gasteiger partial charge in [0.2, 0.25) is 5.91 Å². The van der Waals surface area contributed by atoms with E-state index in [1.54, 1.807) is 0 Å². The number of hydrogen-bond donors (Lipinski definition) is 1. The molecule has 0 radical (unpaired) electrons. The molecule has 0 spiro atoms. The number of hydrogen-bond acceptors (Lipinski definition) is 3. The number of carboxylic acid groups (broad SMARTS) is 1. The summed E-state index contributed by atoms with van der Waals surface area (Å²) in [6.07, 6.45) is 4.72. The van der Waals surface area contributed by atoms with Crippen molar-refractivity contribution in [1.29, 1.82) is 0 Å². The number of carbonyl (C=O) groups is 2. The fourth-order valence-electron chi connectivity index (χ4n) is 5.59. The van der Waals surface area contributed by atoms with E-state index in [9.17, 15) is 14.7 Å². The Labute approximate surface area is 155 Å². The number of nitrogens with zero attached hydrogens (tertiary/aromatic N) is 2. The molecule has 1 aromatic carbocycles. The molecule has 2 saturated heterocycles. The summed E-state index contributed by atoms with van der Waals surface area (Å²) in [4.78, 5) is 29.8. The minimum absolute atomic E-state index is 0.0642. The first kappa shape index (κ1) is 17.5. The number of amides is 1. The lowest BCUT2D eigenvalue weighted by Crippen LogP contribution is -2.52. The molecule has 5 nitrogen and oxygen atoms in total. The van der Waals surface area contributed by atoms with Crippen molar-refractivity contribution < 1.29 is 14.7 Å². The second-order valence-electron chi connectivity index (χ2n) is 8.53. The van der Waals surface area contributed by atoms with E-state index in [0.717, 1.165) is 44.2 Å². The number of likely N-dealkylation sites (tertiary alicyclic amines) is 2. The first-order valence-electron chi connectivity index (χ1n) is 9.75. The van der Waals surface area contributed by atoms with Gasteiger partial charge in [-0.3, -0.25) is 9.59 Å². The molecule has 2 aliphatic heterocycles. The Balaban J connectivity index is 1.65. The Kier molecular flexibility index (Phi) is 4.30. The zero-order valence-corrected chi connectivity index (χ0v) is 15.5. The maximum atomic E-state index is 13.7. The average molecular weight is 356 g/mol. The highest BCUT2D eigenvalue weighted by atomic mass is 16.4. The zero-order valence-electron chi connectivity index (χ0n) is 15.5. The number of carbonyl (C=O) groups excluding carboxylic acids is 1. The van der Waals surface area contributed by atoms with Gasteiger partial charge in [0.15, 0.2) is 0 Å². The quantitative estimate of drug-likeness (QED) is 0.903. The van der Waals surface area contributed by atoms with Gasteiger partial charge in [-0.05, 0) is 44.3 Å². The molecular formula is C21H28N2O3. The molecule has 0 aromatic heterocycles. The average Bonchev–Trinajstić information content (AvgIpc) is 3.28. The number of fused-ring (bicyclic) bond motifs is 1. The van der Waals surface area contributed by atoms with Crippen LogP contribution < -0.4 is 0 Å². The largest absolute Gasteiger partial charge is 0.481 e. The highest BCUT2D eigenvalue weighted by Gasteiger charge is 2.57. The van der Waals surface area contributed by atoms with Crippen LogP contribution in [0.4, 0.5) is 0 Å². The lowest BCUT2D eigenvalue weighted by molar-refractivity contribution is -0.154. The molecule has 140 valence electrons. The highest BCUT2D eigenvalue weighted by molar-refractivity contribution is 5.90. The third kappa shape index (κ3) is 2.56. The van der Waals surface area contributed by atoms with E-state index in [0.29, 0.717) is 19.6 Å². The van der Waals surface area contributed by atoms with Gasteiger partial charge in [0.1, 0.15) is 5.41 Å². The predicted octanol–water partition coefficient (Wildman–Crippen LogP) is 2.36. The van der Waals surface area contributed by atoms with Crippen LogP contribution in [0, 0.1) is 11.3 Å². The Morgan fingerprint density at radius 2 is 1.81 bits per heavy atom. The van der Waals surface area contributed by atoms with E-state index >= 15 is 0 Å². The van der Waals surface area contributed by atoms with Crippen LogP contribution in [0.2, 0.25) is 0 Å². The Morgan fingerprint density at radius 1 is 1.12 bits per heavy atom. The van der Waals surface area contributed by atoms with Gasteiger partial charge in [-0.2, -0.15) is 0 Å². The molecule has 2 atom stereocenters. The molecule has 5 heteroatoms. The maximum absolute atomic E-state index is 13.7. The van der Waals surface area contributed by atoms with Gasteiger partial charge < -0.3 is 14.9 Å². The Bertz CT molecular complexity index is 698. The van der Waals surface area contributed by atoms with Crippen LogP contribution in [0.5, 0.6) is 0 Å². The van der Waals surface area contributed by atoms with E-state index in [4.69, 9.17) is 0 Å². The van der Waals surface area contributed by atoms with Gasteiger partial charge in [-0.1, -0.05) is 43.2 Å². The predicted molar refractivity (Wildman–Crippen MR) is 98.8 cm³/mol. The van der Waals surface area contributed by atoms with Crippen molar-refractivity contribution in [1.82, 2.24) is 9.80 Å². The topological polar surface area (TPSA) is 60.9 Å². The summed E-state index contributed by atoms with van der Waals surface area (Å²) < 4.78 is 0. The monoisotopic (exact) mass is 356 g/mol. The molecule has 4 rings (SSSR count). The summed E-state index contributed by atoms with van der Waals surface area (Å²) in [5.74, 6) is -0.530. The van der Waals surface area contributed by atoms with E-state index < -0.39 is 16.8 Å².